The number of rotatable bonds is 4. The quantitative estimate of drug-likeness (QED) is 0.349. The van der Waals surface area contributed by atoms with Crippen molar-refractivity contribution in [2.24, 2.45) is 16.7 Å². The minimum atomic E-state index is 0.373. The average Bonchev–Trinajstić information content (AvgIpc) is 2.57. The van der Waals surface area contributed by atoms with E-state index in [1.807, 2.05) is 38.1 Å². The van der Waals surface area contributed by atoms with Crippen LogP contribution >= 0.6 is 0 Å². The lowest BCUT2D eigenvalue weighted by Gasteiger charge is -2.09. The van der Waals surface area contributed by atoms with E-state index in [1.165, 1.54) is 5.56 Å². The van der Waals surface area contributed by atoms with Gasteiger partial charge in [0.15, 0.2) is 5.84 Å². The predicted molar refractivity (Wildman–Crippen MR) is 90.7 cm³/mol. The molecule has 0 fully saturated rings. The molecule has 21 heavy (non-hydrogen) atoms. The predicted octanol–water partition coefficient (Wildman–Crippen LogP) is 3.03. The fraction of sp³-hybridized carbons (Fsp3) is 0.235. The number of hydrogen-bond donors (Lipinski definition) is 3. The SMILES string of the molecule is CC.CCc1ccc(-c2ccccc2/C(N)=N/NN)cc1. The van der Waals surface area contributed by atoms with Crippen molar-refractivity contribution in [3.8, 4) is 11.1 Å². The first-order valence-electron chi connectivity index (χ1n) is 7.23. The van der Waals surface area contributed by atoms with E-state index in [2.05, 4.69) is 41.8 Å². The lowest BCUT2D eigenvalue weighted by Crippen LogP contribution is -2.23. The van der Waals surface area contributed by atoms with Crippen LogP contribution in [-0.2, 0) is 6.42 Å². The molecule has 2 aromatic rings. The molecule has 0 bridgehead atoms. The molecule has 0 heterocycles. The molecular weight excluding hydrogens is 260 g/mol. The van der Waals surface area contributed by atoms with Crippen molar-refractivity contribution < 1.29 is 0 Å². The van der Waals surface area contributed by atoms with E-state index in [0.717, 1.165) is 23.1 Å². The van der Waals surface area contributed by atoms with Gasteiger partial charge >= 0.3 is 0 Å². The van der Waals surface area contributed by atoms with E-state index >= 15 is 0 Å². The summed E-state index contributed by atoms with van der Waals surface area (Å²) in [5.74, 6) is 5.55. The zero-order valence-corrected chi connectivity index (χ0v) is 12.9. The third-order valence-corrected chi connectivity index (χ3v) is 3.06. The summed E-state index contributed by atoms with van der Waals surface area (Å²) in [5, 5.41) is 3.84. The van der Waals surface area contributed by atoms with Crippen LogP contribution in [0, 0.1) is 0 Å². The normalized spacial score (nSPS) is 10.6. The van der Waals surface area contributed by atoms with Gasteiger partial charge in [-0.25, -0.2) is 11.4 Å². The van der Waals surface area contributed by atoms with Crippen LogP contribution in [-0.4, -0.2) is 5.84 Å². The Bertz CT molecular complexity index is 574. The number of benzene rings is 2. The summed E-state index contributed by atoms with van der Waals surface area (Å²) in [4.78, 5) is 0. The monoisotopic (exact) mass is 284 g/mol. The third-order valence-electron chi connectivity index (χ3n) is 3.06. The Morgan fingerprint density at radius 2 is 1.67 bits per heavy atom. The average molecular weight is 284 g/mol. The standard InChI is InChI=1S/C15H18N4.C2H6/c1-2-11-7-9-12(10-8-11)13-5-3-4-6-14(13)15(16)18-19-17;1-2/h3-10,19H,2,17H2,1H3,(H2,16,18);1-2H3. The first-order valence-corrected chi connectivity index (χ1v) is 7.23. The van der Waals surface area contributed by atoms with Crippen LogP contribution in [0.15, 0.2) is 53.6 Å². The minimum absolute atomic E-state index is 0.373. The molecule has 0 aliphatic rings. The van der Waals surface area contributed by atoms with Crippen molar-refractivity contribution in [2.75, 3.05) is 0 Å². The molecule has 0 unspecified atom stereocenters. The number of hydrogen-bond acceptors (Lipinski definition) is 3. The van der Waals surface area contributed by atoms with Gasteiger partial charge < -0.3 is 5.73 Å². The Morgan fingerprint density at radius 3 is 2.24 bits per heavy atom. The molecule has 0 spiro atoms. The Labute approximate surface area is 126 Å². The lowest BCUT2D eigenvalue weighted by molar-refractivity contribution is 0.804. The fourth-order valence-corrected chi connectivity index (χ4v) is 2.01. The Balaban J connectivity index is 0.00000106. The summed E-state index contributed by atoms with van der Waals surface area (Å²) in [7, 11) is 0. The molecule has 0 saturated heterocycles. The Morgan fingerprint density at radius 1 is 1.05 bits per heavy atom. The number of nitrogens with two attached hydrogens (primary N) is 2. The van der Waals surface area contributed by atoms with E-state index in [-0.39, 0.29) is 0 Å². The summed E-state index contributed by atoms with van der Waals surface area (Å²) in [5.41, 5.74) is 12.5. The Kier molecular flexibility index (Phi) is 6.98. The van der Waals surface area contributed by atoms with Crippen LogP contribution in [0.3, 0.4) is 0 Å². The highest BCUT2D eigenvalue weighted by molar-refractivity contribution is 6.03. The summed E-state index contributed by atoms with van der Waals surface area (Å²) < 4.78 is 0. The van der Waals surface area contributed by atoms with Crippen molar-refractivity contribution in [1.82, 2.24) is 5.53 Å². The maximum atomic E-state index is 5.91. The van der Waals surface area contributed by atoms with Crippen molar-refractivity contribution in [1.29, 1.82) is 0 Å². The molecule has 5 N–H and O–H groups in total. The minimum Gasteiger partial charge on any atom is -0.382 e. The number of nitrogens with one attached hydrogen (secondary N) is 1. The maximum Gasteiger partial charge on any atom is 0.152 e. The van der Waals surface area contributed by atoms with Gasteiger partial charge in [-0.05, 0) is 23.1 Å². The molecule has 0 radical (unpaired) electrons. The van der Waals surface area contributed by atoms with Gasteiger partial charge in [-0.3, -0.25) is 0 Å². The van der Waals surface area contributed by atoms with Gasteiger partial charge in [-0.15, -0.1) is 5.10 Å². The van der Waals surface area contributed by atoms with E-state index < -0.39 is 0 Å². The van der Waals surface area contributed by atoms with Crippen LogP contribution in [0.2, 0.25) is 0 Å². The van der Waals surface area contributed by atoms with E-state index in [4.69, 9.17) is 11.6 Å². The van der Waals surface area contributed by atoms with Gasteiger partial charge in [0.25, 0.3) is 0 Å². The number of nitrogens with zero attached hydrogens (tertiary/aromatic N) is 1. The number of hydrazone groups is 1. The van der Waals surface area contributed by atoms with E-state index in [9.17, 15) is 0 Å². The second-order valence-corrected chi connectivity index (χ2v) is 4.22. The summed E-state index contributed by atoms with van der Waals surface area (Å²) in [6.45, 7) is 6.14. The third kappa shape index (κ3) is 4.33. The smallest absolute Gasteiger partial charge is 0.152 e. The van der Waals surface area contributed by atoms with E-state index in [0.29, 0.717) is 5.84 Å². The molecule has 0 atom stereocenters. The summed E-state index contributed by atoms with van der Waals surface area (Å²) >= 11 is 0. The van der Waals surface area contributed by atoms with Crippen molar-refractivity contribution in [2.45, 2.75) is 27.2 Å². The number of aryl methyl sites for hydroxylation is 1. The second kappa shape index (κ2) is 8.76. The zero-order valence-electron chi connectivity index (χ0n) is 12.9. The fourth-order valence-electron chi connectivity index (χ4n) is 2.01. The molecule has 2 aromatic carbocycles. The number of hydrazine groups is 1. The number of amidine groups is 1. The largest absolute Gasteiger partial charge is 0.382 e. The highest BCUT2D eigenvalue weighted by Crippen LogP contribution is 2.24. The van der Waals surface area contributed by atoms with Gasteiger partial charge in [0.1, 0.15) is 0 Å². The van der Waals surface area contributed by atoms with Crippen molar-refractivity contribution in [3.63, 3.8) is 0 Å². The van der Waals surface area contributed by atoms with Crippen LogP contribution in [0.5, 0.6) is 0 Å². The topological polar surface area (TPSA) is 76.4 Å². The first-order chi connectivity index (χ1) is 10.3. The molecule has 0 amide bonds. The summed E-state index contributed by atoms with van der Waals surface area (Å²) in [6.07, 6.45) is 1.03. The molecular formula is C17H24N4. The van der Waals surface area contributed by atoms with Crippen LogP contribution < -0.4 is 17.1 Å². The summed E-state index contributed by atoms with van der Waals surface area (Å²) in [6, 6.07) is 16.3. The van der Waals surface area contributed by atoms with Gasteiger partial charge in [-0.2, -0.15) is 0 Å². The highest BCUT2D eigenvalue weighted by Gasteiger charge is 2.07. The Hall–Kier alpha value is -2.33. The van der Waals surface area contributed by atoms with Crippen molar-refractivity contribution in [3.05, 3.63) is 59.7 Å². The van der Waals surface area contributed by atoms with Crippen molar-refractivity contribution >= 4 is 5.84 Å². The zero-order chi connectivity index (χ0) is 15.7. The van der Waals surface area contributed by atoms with Gasteiger partial charge in [0, 0.05) is 5.56 Å². The first kappa shape index (κ1) is 16.7. The lowest BCUT2D eigenvalue weighted by atomic mass is 9.98. The van der Waals surface area contributed by atoms with Gasteiger partial charge in [0.2, 0.25) is 0 Å². The molecule has 0 saturated carbocycles. The molecule has 4 nitrogen and oxygen atoms in total. The molecule has 112 valence electrons. The van der Waals surface area contributed by atoms with Gasteiger partial charge in [-0.1, -0.05) is 69.3 Å². The van der Waals surface area contributed by atoms with Crippen LogP contribution in [0.1, 0.15) is 31.9 Å². The van der Waals surface area contributed by atoms with Crippen LogP contribution in [0.25, 0.3) is 11.1 Å². The maximum absolute atomic E-state index is 5.91. The highest BCUT2D eigenvalue weighted by atomic mass is 15.5. The van der Waals surface area contributed by atoms with Gasteiger partial charge in [0.05, 0.1) is 0 Å². The molecule has 0 aliphatic heterocycles. The van der Waals surface area contributed by atoms with E-state index in [1.54, 1.807) is 0 Å². The molecule has 4 heteroatoms. The van der Waals surface area contributed by atoms with Crippen LogP contribution in [0.4, 0.5) is 0 Å². The molecule has 2 rings (SSSR count). The molecule has 0 aliphatic carbocycles. The second-order valence-electron chi connectivity index (χ2n) is 4.22. The molecule has 0 aromatic heterocycles.